The van der Waals surface area contributed by atoms with Gasteiger partial charge in [-0.05, 0) is 50.7 Å². The van der Waals surface area contributed by atoms with Crippen molar-refractivity contribution < 1.29 is 13.2 Å². The number of aromatic nitrogens is 1. The van der Waals surface area contributed by atoms with Crippen molar-refractivity contribution in [3.63, 3.8) is 0 Å². The minimum Gasteiger partial charge on any atom is -0.337 e. The molecular formula is C19H26N4O3S2. The Morgan fingerprint density at radius 3 is 2.43 bits per heavy atom. The van der Waals surface area contributed by atoms with E-state index in [9.17, 15) is 18.5 Å². The molecule has 0 radical (unpaired) electrons. The highest BCUT2D eigenvalue weighted by atomic mass is 32.2. The average Bonchev–Trinajstić information content (AvgIpc) is 2.98. The van der Waals surface area contributed by atoms with Gasteiger partial charge in [0.2, 0.25) is 15.9 Å². The van der Waals surface area contributed by atoms with Crippen LogP contribution in [-0.4, -0.2) is 48.0 Å². The topological polar surface area (TPSA) is 103 Å². The van der Waals surface area contributed by atoms with E-state index in [2.05, 4.69) is 16.4 Å². The van der Waals surface area contributed by atoms with E-state index < -0.39 is 15.6 Å². The number of nitriles is 1. The zero-order valence-electron chi connectivity index (χ0n) is 15.9. The molecule has 0 spiro atoms. The van der Waals surface area contributed by atoms with E-state index in [1.165, 1.54) is 18.0 Å². The van der Waals surface area contributed by atoms with E-state index in [0.29, 0.717) is 31.0 Å². The van der Waals surface area contributed by atoms with Gasteiger partial charge >= 0.3 is 0 Å². The van der Waals surface area contributed by atoms with Gasteiger partial charge in [-0.25, -0.2) is 13.4 Å². The Bertz CT molecular complexity index is 820. The van der Waals surface area contributed by atoms with Crippen molar-refractivity contribution in [1.29, 1.82) is 5.26 Å². The summed E-state index contributed by atoms with van der Waals surface area (Å²) in [6.45, 7) is 1.11. The van der Waals surface area contributed by atoms with E-state index in [-0.39, 0.29) is 16.6 Å². The van der Waals surface area contributed by atoms with Crippen LogP contribution in [0.1, 0.15) is 51.4 Å². The summed E-state index contributed by atoms with van der Waals surface area (Å²) >= 11 is 1.24. The lowest BCUT2D eigenvalue weighted by molar-refractivity contribution is -0.119. The minimum absolute atomic E-state index is 0.147. The molecule has 3 rings (SSSR count). The molecule has 2 heterocycles. The van der Waals surface area contributed by atoms with E-state index in [1.807, 2.05) is 0 Å². The predicted octanol–water partition coefficient (Wildman–Crippen LogP) is 2.69. The minimum atomic E-state index is -3.51. The van der Waals surface area contributed by atoms with Gasteiger partial charge in [0.15, 0.2) is 0 Å². The van der Waals surface area contributed by atoms with Gasteiger partial charge in [-0.1, -0.05) is 24.6 Å². The monoisotopic (exact) mass is 422 g/mol. The zero-order valence-corrected chi connectivity index (χ0v) is 17.5. The molecule has 9 heteroatoms. The van der Waals surface area contributed by atoms with E-state index in [4.69, 9.17) is 0 Å². The van der Waals surface area contributed by atoms with Gasteiger partial charge in [0.1, 0.15) is 10.4 Å². The highest BCUT2D eigenvalue weighted by molar-refractivity contribution is 7.99. The summed E-state index contributed by atoms with van der Waals surface area (Å²) in [4.78, 5) is 16.6. The number of nitrogens with zero attached hydrogens (tertiary/aromatic N) is 3. The third kappa shape index (κ3) is 5.04. The first kappa shape index (κ1) is 21.1. The Balaban J connectivity index is 1.57. The van der Waals surface area contributed by atoms with Crippen LogP contribution in [-0.2, 0) is 14.8 Å². The molecular weight excluding hydrogens is 396 g/mol. The van der Waals surface area contributed by atoms with Crippen LogP contribution in [0.15, 0.2) is 28.3 Å². The molecule has 0 bridgehead atoms. The lowest BCUT2D eigenvalue weighted by atomic mass is 10.0. The van der Waals surface area contributed by atoms with Gasteiger partial charge in [0.25, 0.3) is 0 Å². The normalized spacial score (nSPS) is 20.2. The SMILES string of the molecule is N#CC1(NC(=O)CSc2ccc(S(=O)(=O)N3CCCCCC3)cn2)CCCC1. The van der Waals surface area contributed by atoms with Crippen molar-refractivity contribution in [3.8, 4) is 6.07 Å². The summed E-state index contributed by atoms with van der Waals surface area (Å²) in [6, 6.07) is 5.43. The molecule has 152 valence electrons. The van der Waals surface area contributed by atoms with Crippen molar-refractivity contribution >= 4 is 27.7 Å². The van der Waals surface area contributed by atoms with Crippen LogP contribution < -0.4 is 5.32 Å². The number of nitrogens with one attached hydrogen (secondary N) is 1. The van der Waals surface area contributed by atoms with Crippen LogP contribution >= 0.6 is 11.8 Å². The summed E-state index contributed by atoms with van der Waals surface area (Å²) in [7, 11) is -3.51. The maximum absolute atomic E-state index is 12.8. The summed E-state index contributed by atoms with van der Waals surface area (Å²) < 4.78 is 27.1. The molecule has 0 atom stereocenters. The molecule has 0 unspecified atom stereocenters. The first-order valence-electron chi connectivity index (χ1n) is 9.76. The molecule has 1 saturated heterocycles. The second-order valence-electron chi connectivity index (χ2n) is 7.39. The van der Waals surface area contributed by atoms with Crippen LogP contribution in [0.25, 0.3) is 0 Å². The Labute approximate surface area is 170 Å². The fourth-order valence-electron chi connectivity index (χ4n) is 3.72. The zero-order chi connectivity index (χ0) is 20.0. The Kier molecular flexibility index (Phi) is 6.96. The molecule has 1 aliphatic heterocycles. The Hall–Kier alpha value is -1.63. The molecule has 0 aromatic carbocycles. The molecule has 2 aliphatic rings. The first-order valence-corrected chi connectivity index (χ1v) is 12.2. The molecule has 1 saturated carbocycles. The highest BCUT2D eigenvalue weighted by Gasteiger charge is 2.35. The third-order valence-corrected chi connectivity index (χ3v) is 8.14. The van der Waals surface area contributed by atoms with Crippen LogP contribution in [0.5, 0.6) is 0 Å². The number of rotatable bonds is 6. The molecule has 2 fully saturated rings. The summed E-state index contributed by atoms with van der Waals surface area (Å²) in [5.41, 5.74) is -0.726. The number of pyridine rings is 1. The molecule has 1 N–H and O–H groups in total. The highest BCUT2D eigenvalue weighted by Crippen LogP contribution is 2.29. The summed E-state index contributed by atoms with van der Waals surface area (Å²) in [5.74, 6) is -0.0502. The summed E-state index contributed by atoms with van der Waals surface area (Å²) in [6.07, 6.45) is 8.57. The lowest BCUT2D eigenvalue weighted by Gasteiger charge is -2.21. The number of amides is 1. The van der Waals surface area contributed by atoms with Crippen LogP contribution in [0.3, 0.4) is 0 Å². The van der Waals surface area contributed by atoms with Crippen LogP contribution in [0, 0.1) is 11.3 Å². The van der Waals surface area contributed by atoms with Gasteiger partial charge < -0.3 is 5.32 Å². The van der Waals surface area contributed by atoms with Gasteiger partial charge in [0.05, 0.1) is 16.8 Å². The number of hydrogen-bond donors (Lipinski definition) is 1. The van der Waals surface area contributed by atoms with Gasteiger partial charge in [-0.2, -0.15) is 9.57 Å². The fourth-order valence-corrected chi connectivity index (χ4v) is 5.83. The Morgan fingerprint density at radius 1 is 1.18 bits per heavy atom. The third-order valence-electron chi connectivity index (χ3n) is 5.31. The van der Waals surface area contributed by atoms with Crippen molar-refractivity contribution in [2.75, 3.05) is 18.8 Å². The second kappa shape index (κ2) is 9.25. The quantitative estimate of drug-likeness (QED) is 0.707. The standard InChI is InChI=1S/C19H26N4O3S2/c20-15-19(9-3-4-10-19)22-17(24)14-27-18-8-7-16(13-21-18)28(25,26)23-11-5-1-2-6-12-23/h7-8,13H,1-6,9-12,14H2,(H,22,24). The maximum atomic E-state index is 12.8. The number of carbonyl (C=O) groups is 1. The van der Waals surface area contributed by atoms with Crippen molar-refractivity contribution in [2.45, 2.75) is 66.8 Å². The first-order chi connectivity index (χ1) is 13.5. The summed E-state index contributed by atoms with van der Waals surface area (Å²) in [5, 5.41) is 12.8. The lowest BCUT2D eigenvalue weighted by Crippen LogP contribution is -2.45. The van der Waals surface area contributed by atoms with Crippen molar-refractivity contribution in [2.24, 2.45) is 0 Å². The van der Waals surface area contributed by atoms with Crippen LogP contribution in [0.4, 0.5) is 0 Å². The van der Waals surface area contributed by atoms with Gasteiger partial charge in [-0.15, -0.1) is 0 Å². The fraction of sp³-hybridized carbons (Fsp3) is 0.632. The smallest absolute Gasteiger partial charge is 0.244 e. The Morgan fingerprint density at radius 2 is 1.86 bits per heavy atom. The van der Waals surface area contributed by atoms with E-state index >= 15 is 0 Å². The molecule has 28 heavy (non-hydrogen) atoms. The average molecular weight is 423 g/mol. The molecule has 1 aliphatic carbocycles. The number of thioether (sulfide) groups is 1. The second-order valence-corrected chi connectivity index (χ2v) is 10.3. The molecule has 1 aromatic heterocycles. The number of sulfonamides is 1. The van der Waals surface area contributed by atoms with Crippen molar-refractivity contribution in [1.82, 2.24) is 14.6 Å². The predicted molar refractivity (Wildman–Crippen MR) is 107 cm³/mol. The van der Waals surface area contributed by atoms with Crippen LogP contribution in [0.2, 0.25) is 0 Å². The van der Waals surface area contributed by atoms with E-state index in [0.717, 1.165) is 38.5 Å². The maximum Gasteiger partial charge on any atom is 0.244 e. The number of hydrogen-bond acceptors (Lipinski definition) is 6. The molecule has 7 nitrogen and oxygen atoms in total. The number of carbonyl (C=O) groups excluding carboxylic acids is 1. The van der Waals surface area contributed by atoms with Crippen molar-refractivity contribution in [3.05, 3.63) is 18.3 Å². The molecule has 1 aromatic rings. The molecule has 1 amide bonds. The van der Waals surface area contributed by atoms with E-state index in [1.54, 1.807) is 16.4 Å². The van der Waals surface area contributed by atoms with Gasteiger partial charge in [0, 0.05) is 19.3 Å². The largest absolute Gasteiger partial charge is 0.337 e. The van der Waals surface area contributed by atoms with Gasteiger partial charge in [-0.3, -0.25) is 4.79 Å².